The second-order valence-electron chi connectivity index (χ2n) is 0.555. The Morgan fingerprint density at radius 3 is 1.78 bits per heavy atom. The van der Waals surface area contributed by atoms with Crippen molar-refractivity contribution in [2.24, 2.45) is 5.84 Å². The van der Waals surface area contributed by atoms with Gasteiger partial charge in [-0.05, 0) is 0 Å². The number of nitrogens with one attached hydrogen (secondary N) is 1. The molecule has 56 valence electrons. The van der Waals surface area contributed by atoms with E-state index in [1.807, 2.05) is 0 Å². The van der Waals surface area contributed by atoms with E-state index in [-0.39, 0.29) is 6.15 Å². The Hall–Kier alpha value is -0.240. The van der Waals surface area contributed by atoms with Crippen molar-refractivity contribution >= 4 is 36.1 Å². The largest absolute Gasteiger partial charge is 0.344 e. The van der Waals surface area contributed by atoms with Gasteiger partial charge in [0.25, 0.3) is 5.24 Å². The lowest BCUT2D eigenvalue weighted by Crippen LogP contribution is -2.23. The Bertz CT molecular complexity index is 78.2. The topological polar surface area (TPSA) is 107 Å². The molecule has 6 N–H and O–H groups in total. The van der Waals surface area contributed by atoms with Crippen LogP contribution in [0.2, 0.25) is 0 Å². The summed E-state index contributed by atoms with van der Waals surface area (Å²) < 4.78 is 0. The minimum absolute atomic E-state index is 0. The van der Waals surface area contributed by atoms with Crippen LogP contribution in [0.3, 0.4) is 0 Å². The summed E-state index contributed by atoms with van der Waals surface area (Å²) in [7, 11) is 0. The van der Waals surface area contributed by atoms with Crippen LogP contribution in [0.15, 0.2) is 0 Å². The van der Waals surface area contributed by atoms with Crippen molar-refractivity contribution in [1.82, 2.24) is 11.6 Å². The third-order valence-electron chi connectivity index (χ3n) is 0.123. The number of hydrogen-bond donors (Lipinski definition) is 5. The van der Waals surface area contributed by atoms with Crippen molar-refractivity contribution in [2.75, 3.05) is 0 Å². The predicted molar refractivity (Wildman–Crippen MR) is 42.5 cm³/mol. The van der Waals surface area contributed by atoms with Gasteiger partial charge in [0.15, 0.2) is 5.62 Å². The Labute approximate surface area is 63.7 Å². The van der Waals surface area contributed by atoms with Crippen LogP contribution >= 0.6 is 25.3 Å². The van der Waals surface area contributed by atoms with Crippen molar-refractivity contribution in [3.05, 3.63) is 0 Å². The standard InChI is InChI=1S/CH4N2OS.CH2OS.H3N/c2-3-1(4)5;2-1-3;/h2H2,(H2,3,4,5);1H,(H,2,3);1H3. The average molecular weight is 171 g/mol. The molecule has 0 fully saturated rings. The van der Waals surface area contributed by atoms with E-state index >= 15 is 0 Å². The third kappa shape index (κ3) is 83.1. The normalized spacial score (nSPS) is 5.22. The fraction of sp³-hybridized carbons (Fsp3) is 0. The van der Waals surface area contributed by atoms with E-state index in [9.17, 15) is 4.79 Å². The molecule has 0 saturated heterocycles. The van der Waals surface area contributed by atoms with Crippen LogP contribution in [0.5, 0.6) is 0 Å². The summed E-state index contributed by atoms with van der Waals surface area (Å²) >= 11 is 6.33. The molecule has 1 amide bonds. The van der Waals surface area contributed by atoms with Gasteiger partial charge in [0.2, 0.25) is 0 Å². The average Bonchev–Trinajstić information content (AvgIpc) is 1.69. The van der Waals surface area contributed by atoms with Gasteiger partial charge < -0.3 is 6.15 Å². The van der Waals surface area contributed by atoms with E-state index in [1.165, 1.54) is 0 Å². The third-order valence-corrected chi connectivity index (χ3v) is 0.253. The second kappa shape index (κ2) is 15.7. The number of hydrazine groups is 1. The summed E-state index contributed by atoms with van der Waals surface area (Å²) in [4.78, 5) is 18.1. The highest BCUT2D eigenvalue weighted by atomic mass is 32.1. The number of thiol groups is 2. The molecule has 0 heterocycles. The molecule has 0 aliphatic carbocycles. The van der Waals surface area contributed by atoms with Gasteiger partial charge in [0.05, 0.1) is 0 Å². The lowest BCUT2D eigenvalue weighted by atomic mass is 11.4. The molecule has 0 aliphatic heterocycles. The molecule has 0 aromatic heterocycles. The van der Waals surface area contributed by atoms with Crippen LogP contribution in [0.25, 0.3) is 0 Å². The van der Waals surface area contributed by atoms with Gasteiger partial charge in [0.1, 0.15) is 0 Å². The van der Waals surface area contributed by atoms with Gasteiger partial charge in [-0.15, -0.1) is 12.6 Å². The lowest BCUT2D eigenvalue weighted by molar-refractivity contribution is 0.261. The smallest absolute Gasteiger partial charge is 0.289 e. The zero-order chi connectivity index (χ0) is 6.99. The van der Waals surface area contributed by atoms with Gasteiger partial charge >= 0.3 is 0 Å². The monoisotopic (exact) mass is 171 g/mol. The maximum atomic E-state index is 9.44. The first-order chi connectivity index (χ1) is 3.68. The van der Waals surface area contributed by atoms with E-state index in [0.29, 0.717) is 5.62 Å². The Kier molecular flexibility index (Phi) is 27.6. The van der Waals surface area contributed by atoms with Crippen molar-refractivity contribution in [3.8, 4) is 0 Å². The second-order valence-corrected chi connectivity index (χ2v) is 1.17. The van der Waals surface area contributed by atoms with Gasteiger partial charge in [-0.3, -0.25) is 15.0 Å². The summed E-state index contributed by atoms with van der Waals surface area (Å²) in [5.74, 6) is 4.50. The van der Waals surface area contributed by atoms with E-state index in [1.54, 1.807) is 5.43 Å². The molecule has 0 aromatic carbocycles. The molecule has 0 rings (SSSR count). The summed E-state index contributed by atoms with van der Waals surface area (Å²) in [6.07, 6.45) is 0. The SMILES string of the molecule is N.NNC(=O)S.O=CS. The van der Waals surface area contributed by atoms with E-state index in [0.717, 1.165) is 0 Å². The highest BCUT2D eigenvalue weighted by molar-refractivity contribution is 7.96. The summed E-state index contributed by atoms with van der Waals surface area (Å²) in [5.41, 5.74) is 2.20. The number of nitrogens with two attached hydrogens (primary N) is 1. The summed E-state index contributed by atoms with van der Waals surface area (Å²) in [6, 6.07) is 0. The minimum Gasteiger partial charge on any atom is -0.344 e. The molecule has 0 bridgehead atoms. The quantitative estimate of drug-likeness (QED) is 0.114. The van der Waals surface area contributed by atoms with Crippen LogP contribution < -0.4 is 17.4 Å². The zero-order valence-electron chi connectivity index (χ0n) is 4.57. The molecule has 0 radical (unpaired) electrons. The van der Waals surface area contributed by atoms with Crippen molar-refractivity contribution in [3.63, 3.8) is 0 Å². The van der Waals surface area contributed by atoms with Gasteiger partial charge in [-0.1, -0.05) is 12.6 Å². The Morgan fingerprint density at radius 2 is 1.78 bits per heavy atom. The summed E-state index contributed by atoms with van der Waals surface area (Å²) in [6.45, 7) is 0. The van der Waals surface area contributed by atoms with Crippen molar-refractivity contribution < 1.29 is 9.59 Å². The Balaban J connectivity index is -0.0000000800. The highest BCUT2D eigenvalue weighted by Gasteiger charge is 1.74. The Morgan fingerprint density at radius 1 is 1.67 bits per heavy atom. The molecule has 0 spiro atoms. The lowest BCUT2D eigenvalue weighted by Gasteiger charge is -1.79. The molecule has 7 heteroatoms. The number of amides is 1. The molecule has 0 unspecified atom stereocenters. The molecule has 0 aromatic rings. The number of carbonyl (C=O) groups excluding carboxylic acids is 2. The van der Waals surface area contributed by atoms with E-state index < -0.39 is 5.24 Å². The van der Waals surface area contributed by atoms with Gasteiger partial charge in [-0.25, -0.2) is 5.84 Å². The number of hydrogen-bond acceptors (Lipinski definition) is 4. The maximum Gasteiger partial charge on any atom is 0.289 e. The van der Waals surface area contributed by atoms with Gasteiger partial charge in [0, 0.05) is 0 Å². The molecule has 9 heavy (non-hydrogen) atoms. The number of rotatable bonds is 0. The molecule has 0 aliphatic rings. The fourth-order valence-corrected chi connectivity index (χ4v) is 0. The molecule has 0 saturated carbocycles. The van der Waals surface area contributed by atoms with Crippen molar-refractivity contribution in [1.29, 1.82) is 0 Å². The molecule has 0 atom stereocenters. The first-order valence-electron chi connectivity index (χ1n) is 1.46. The van der Waals surface area contributed by atoms with Gasteiger partial charge in [-0.2, -0.15) is 0 Å². The molecular formula is C2H9N3O2S2. The van der Waals surface area contributed by atoms with E-state index in [4.69, 9.17) is 4.79 Å². The zero-order valence-corrected chi connectivity index (χ0v) is 6.36. The predicted octanol–water partition coefficient (Wildman–Crippen LogP) is -0.232. The first-order valence-corrected chi connectivity index (χ1v) is 2.42. The van der Waals surface area contributed by atoms with Crippen LogP contribution in [0.4, 0.5) is 4.79 Å². The fourth-order valence-electron chi connectivity index (χ4n) is 0. The first kappa shape index (κ1) is 15.9. The van der Waals surface area contributed by atoms with Crippen LogP contribution in [-0.2, 0) is 4.79 Å². The number of carbonyl (C=O) groups is 2. The minimum atomic E-state index is -0.523. The van der Waals surface area contributed by atoms with Crippen molar-refractivity contribution in [2.45, 2.75) is 0 Å². The summed E-state index contributed by atoms with van der Waals surface area (Å²) in [5, 5.41) is -0.523. The van der Waals surface area contributed by atoms with E-state index in [2.05, 4.69) is 31.1 Å². The van der Waals surface area contributed by atoms with Crippen LogP contribution in [0, 0.1) is 0 Å². The molecular weight excluding hydrogens is 162 g/mol. The van der Waals surface area contributed by atoms with Crippen LogP contribution in [0.1, 0.15) is 0 Å². The molecule has 5 nitrogen and oxygen atoms in total. The van der Waals surface area contributed by atoms with Crippen LogP contribution in [-0.4, -0.2) is 10.9 Å². The highest BCUT2D eigenvalue weighted by Crippen LogP contribution is 1.65. The maximum absolute atomic E-state index is 9.44.